The van der Waals surface area contributed by atoms with Crippen LogP contribution in [-0.2, 0) is 4.79 Å². The zero-order valence-electron chi connectivity index (χ0n) is 9.72. The van der Waals surface area contributed by atoms with Gasteiger partial charge in [-0.25, -0.2) is 0 Å². The smallest absolute Gasteiger partial charge is 0.154 e. The molecule has 15 heavy (non-hydrogen) atoms. The molecule has 0 atom stereocenters. The Bertz CT molecular complexity index is 385. The number of aryl methyl sites for hydroxylation is 2. The maximum Gasteiger partial charge on any atom is 0.154 e. The van der Waals surface area contributed by atoms with Crippen LogP contribution in [0.2, 0.25) is 0 Å². The molecule has 1 aromatic carbocycles. The van der Waals surface area contributed by atoms with Crippen LogP contribution in [0.25, 0.3) is 0 Å². The normalized spacial score (nSPS) is 11.3. The number of hydrogen-bond acceptors (Lipinski definition) is 2. The van der Waals surface area contributed by atoms with Crippen molar-refractivity contribution in [2.45, 2.75) is 27.7 Å². The average molecular weight is 203 g/mol. The van der Waals surface area contributed by atoms with E-state index in [1.54, 1.807) is 13.0 Å². The highest BCUT2D eigenvalue weighted by atomic mass is 16.1. The van der Waals surface area contributed by atoms with Crippen molar-refractivity contribution in [1.29, 1.82) is 0 Å². The van der Waals surface area contributed by atoms with E-state index in [0.717, 1.165) is 11.4 Å². The summed E-state index contributed by atoms with van der Waals surface area (Å²) in [6, 6.07) is 6.13. The van der Waals surface area contributed by atoms with E-state index in [2.05, 4.69) is 31.3 Å². The zero-order valence-corrected chi connectivity index (χ0v) is 9.72. The Morgan fingerprint density at radius 1 is 1.20 bits per heavy atom. The number of benzene rings is 1. The number of carbonyl (C=O) groups is 1. The first-order valence-corrected chi connectivity index (χ1v) is 5.03. The number of hydrogen-bond donors (Lipinski definition) is 1. The quantitative estimate of drug-likeness (QED) is 0.764. The van der Waals surface area contributed by atoms with E-state index in [0.29, 0.717) is 0 Å². The van der Waals surface area contributed by atoms with E-state index < -0.39 is 0 Å². The number of nitrogens with one attached hydrogen (secondary N) is 1. The zero-order chi connectivity index (χ0) is 11.4. The molecule has 1 rings (SSSR count). The third-order valence-corrected chi connectivity index (χ3v) is 2.22. The van der Waals surface area contributed by atoms with Crippen molar-refractivity contribution < 1.29 is 4.79 Å². The van der Waals surface area contributed by atoms with Gasteiger partial charge in [0, 0.05) is 11.4 Å². The number of ketones is 1. The third-order valence-electron chi connectivity index (χ3n) is 2.22. The van der Waals surface area contributed by atoms with Gasteiger partial charge in [-0.1, -0.05) is 18.2 Å². The maximum absolute atomic E-state index is 10.9. The summed E-state index contributed by atoms with van der Waals surface area (Å²) < 4.78 is 0. The van der Waals surface area contributed by atoms with Gasteiger partial charge in [0.15, 0.2) is 5.78 Å². The largest absolute Gasteiger partial charge is 0.359 e. The molecule has 0 saturated carbocycles. The molecule has 0 spiro atoms. The third kappa shape index (κ3) is 3.24. The number of para-hydroxylation sites is 1. The molecule has 0 amide bonds. The van der Waals surface area contributed by atoms with Gasteiger partial charge < -0.3 is 5.32 Å². The highest BCUT2D eigenvalue weighted by Gasteiger charge is 2.01. The highest BCUT2D eigenvalue weighted by molar-refractivity contribution is 5.88. The molecule has 2 nitrogen and oxygen atoms in total. The molecule has 0 bridgehead atoms. The molecule has 80 valence electrons. The van der Waals surface area contributed by atoms with Crippen LogP contribution >= 0.6 is 0 Å². The van der Waals surface area contributed by atoms with Crippen molar-refractivity contribution in [3.63, 3.8) is 0 Å². The van der Waals surface area contributed by atoms with Crippen molar-refractivity contribution >= 4 is 11.5 Å². The van der Waals surface area contributed by atoms with Gasteiger partial charge in [0.25, 0.3) is 0 Å². The minimum atomic E-state index is 0.0613. The molecule has 0 aliphatic carbocycles. The first kappa shape index (κ1) is 11.5. The predicted octanol–water partition coefficient (Wildman–Crippen LogP) is 3.21. The van der Waals surface area contributed by atoms with E-state index in [1.165, 1.54) is 11.1 Å². The van der Waals surface area contributed by atoms with E-state index in [1.807, 2.05) is 13.0 Å². The maximum atomic E-state index is 10.9. The molecule has 1 N–H and O–H groups in total. The second kappa shape index (κ2) is 4.78. The van der Waals surface area contributed by atoms with Crippen molar-refractivity contribution in [3.05, 3.63) is 41.1 Å². The summed E-state index contributed by atoms with van der Waals surface area (Å²) in [5.74, 6) is 0.0613. The number of rotatable bonds is 3. The van der Waals surface area contributed by atoms with E-state index in [-0.39, 0.29) is 5.78 Å². The van der Waals surface area contributed by atoms with E-state index >= 15 is 0 Å². The summed E-state index contributed by atoms with van der Waals surface area (Å²) in [7, 11) is 0. The minimum Gasteiger partial charge on any atom is -0.359 e. The molecule has 1 aromatic rings. The summed E-state index contributed by atoms with van der Waals surface area (Å²) in [6.07, 6.45) is 1.60. The lowest BCUT2D eigenvalue weighted by molar-refractivity contribution is -0.112. The van der Waals surface area contributed by atoms with Crippen LogP contribution in [0.15, 0.2) is 30.0 Å². The Morgan fingerprint density at radius 2 is 1.73 bits per heavy atom. The Kier molecular flexibility index (Phi) is 3.67. The van der Waals surface area contributed by atoms with Crippen LogP contribution in [-0.4, -0.2) is 5.78 Å². The predicted molar refractivity (Wildman–Crippen MR) is 64.0 cm³/mol. The molecule has 0 unspecified atom stereocenters. The summed E-state index contributed by atoms with van der Waals surface area (Å²) in [6.45, 7) is 7.55. The van der Waals surface area contributed by atoms with Gasteiger partial charge in [-0.15, -0.1) is 0 Å². The fourth-order valence-electron chi connectivity index (χ4n) is 1.55. The van der Waals surface area contributed by atoms with Crippen LogP contribution in [0.1, 0.15) is 25.0 Å². The summed E-state index contributed by atoms with van der Waals surface area (Å²) in [5.41, 5.74) is 4.34. The molecular formula is C13H17NO. The minimum absolute atomic E-state index is 0.0613. The SMILES string of the molecule is CC(=O)/C=C(\C)Nc1c(C)cccc1C. The van der Waals surface area contributed by atoms with Crippen LogP contribution in [0, 0.1) is 13.8 Å². The van der Waals surface area contributed by atoms with Gasteiger partial charge >= 0.3 is 0 Å². The highest BCUT2D eigenvalue weighted by Crippen LogP contribution is 2.20. The van der Waals surface area contributed by atoms with Crippen molar-refractivity contribution in [2.75, 3.05) is 5.32 Å². The van der Waals surface area contributed by atoms with Crippen molar-refractivity contribution in [2.24, 2.45) is 0 Å². The summed E-state index contributed by atoms with van der Waals surface area (Å²) in [4.78, 5) is 10.9. The molecule has 0 radical (unpaired) electrons. The lowest BCUT2D eigenvalue weighted by Gasteiger charge is -2.12. The van der Waals surface area contributed by atoms with Gasteiger partial charge in [0.2, 0.25) is 0 Å². The first-order chi connectivity index (χ1) is 7.00. The van der Waals surface area contributed by atoms with Gasteiger partial charge in [-0.2, -0.15) is 0 Å². The molecule has 0 fully saturated rings. The fourth-order valence-corrected chi connectivity index (χ4v) is 1.55. The van der Waals surface area contributed by atoms with Crippen LogP contribution in [0.5, 0.6) is 0 Å². The van der Waals surface area contributed by atoms with Crippen molar-refractivity contribution in [3.8, 4) is 0 Å². The second-order valence-corrected chi connectivity index (χ2v) is 3.83. The van der Waals surface area contributed by atoms with Crippen LogP contribution in [0.4, 0.5) is 5.69 Å². The first-order valence-electron chi connectivity index (χ1n) is 5.03. The average Bonchev–Trinajstić information content (AvgIpc) is 2.10. The molecule has 0 heterocycles. The molecular weight excluding hydrogens is 186 g/mol. The lowest BCUT2D eigenvalue weighted by Crippen LogP contribution is -2.01. The number of anilines is 1. The Balaban J connectivity index is 2.94. The van der Waals surface area contributed by atoms with Crippen LogP contribution in [0.3, 0.4) is 0 Å². The standard InChI is InChI=1S/C13H17NO/c1-9-6-5-7-10(2)13(9)14-11(3)8-12(4)15/h5-8,14H,1-4H3/b11-8+. The molecule has 0 aromatic heterocycles. The molecule has 0 aliphatic rings. The van der Waals surface area contributed by atoms with Crippen molar-refractivity contribution in [1.82, 2.24) is 0 Å². The van der Waals surface area contributed by atoms with Gasteiger partial charge in [-0.05, 0) is 44.9 Å². The van der Waals surface area contributed by atoms with Gasteiger partial charge in [-0.3, -0.25) is 4.79 Å². The topological polar surface area (TPSA) is 29.1 Å². The van der Waals surface area contributed by atoms with E-state index in [9.17, 15) is 4.79 Å². The Morgan fingerprint density at radius 3 is 2.20 bits per heavy atom. The second-order valence-electron chi connectivity index (χ2n) is 3.83. The van der Waals surface area contributed by atoms with Gasteiger partial charge in [0.05, 0.1) is 0 Å². The molecule has 2 heteroatoms. The molecule has 0 saturated heterocycles. The van der Waals surface area contributed by atoms with E-state index in [4.69, 9.17) is 0 Å². The van der Waals surface area contributed by atoms with Gasteiger partial charge in [0.1, 0.15) is 0 Å². The Hall–Kier alpha value is -1.57. The monoisotopic (exact) mass is 203 g/mol. The summed E-state index contributed by atoms with van der Waals surface area (Å²) in [5, 5.41) is 3.25. The molecule has 0 aliphatic heterocycles. The Labute approximate surface area is 91.0 Å². The number of carbonyl (C=O) groups excluding carboxylic acids is 1. The fraction of sp³-hybridized carbons (Fsp3) is 0.308. The lowest BCUT2D eigenvalue weighted by atomic mass is 10.1. The number of allylic oxidation sites excluding steroid dienone is 2. The van der Waals surface area contributed by atoms with Crippen LogP contribution < -0.4 is 5.32 Å². The summed E-state index contributed by atoms with van der Waals surface area (Å²) >= 11 is 0.